The number of nitrogens with zero attached hydrogens (tertiary/aromatic N) is 2. The van der Waals surface area contributed by atoms with Crippen LogP contribution in [0.15, 0.2) is 12.1 Å². The molecule has 36 heavy (non-hydrogen) atoms. The second-order valence-electron chi connectivity index (χ2n) is 9.93. The molecule has 0 saturated carbocycles. The minimum Gasteiger partial charge on any atom is -0.493 e. The number of piperidine rings is 3. The van der Waals surface area contributed by atoms with Crippen LogP contribution in [0, 0.1) is 5.92 Å². The van der Waals surface area contributed by atoms with Gasteiger partial charge in [-0.1, -0.05) is 11.6 Å². The van der Waals surface area contributed by atoms with Crippen LogP contribution in [0.4, 0.5) is 5.69 Å². The molecule has 4 saturated heterocycles. The summed E-state index contributed by atoms with van der Waals surface area (Å²) in [6, 6.07) is 3.11. The first-order valence-corrected chi connectivity index (χ1v) is 13.6. The Morgan fingerprint density at radius 3 is 2.72 bits per heavy atom. The first-order valence-electron chi connectivity index (χ1n) is 13.2. The number of rotatable bonds is 11. The molecule has 9 nitrogen and oxygen atoms in total. The number of nitrogen functional groups attached to an aromatic ring is 1. The summed E-state index contributed by atoms with van der Waals surface area (Å²) in [4.78, 5) is 29.8. The smallest absolute Gasteiger partial charge is 0.306 e. The van der Waals surface area contributed by atoms with Crippen molar-refractivity contribution in [3.8, 4) is 5.75 Å². The molecule has 3 N–H and O–H groups in total. The zero-order chi connectivity index (χ0) is 25.5. The summed E-state index contributed by atoms with van der Waals surface area (Å²) in [6.45, 7) is 8.91. The van der Waals surface area contributed by atoms with E-state index in [1.165, 1.54) is 6.07 Å². The Balaban J connectivity index is 1.15. The summed E-state index contributed by atoms with van der Waals surface area (Å²) in [5.74, 6) is 0.621. The van der Waals surface area contributed by atoms with E-state index in [1.54, 1.807) is 6.07 Å². The number of carbonyl (C=O) groups excluding carboxylic acids is 2. The molecule has 200 valence electrons. The number of carbonyl (C=O) groups is 2. The van der Waals surface area contributed by atoms with Crippen LogP contribution in [0.3, 0.4) is 0 Å². The van der Waals surface area contributed by atoms with Crippen LogP contribution >= 0.6 is 11.6 Å². The van der Waals surface area contributed by atoms with E-state index in [0.717, 1.165) is 65.0 Å². The predicted octanol–water partition coefficient (Wildman–Crippen LogP) is 2.56. The molecule has 0 radical (unpaired) electrons. The molecule has 4 aliphatic rings. The second-order valence-corrected chi connectivity index (χ2v) is 10.3. The summed E-state index contributed by atoms with van der Waals surface area (Å²) in [6.07, 6.45) is 4.50. The molecule has 1 aromatic carbocycles. The summed E-state index contributed by atoms with van der Waals surface area (Å²) >= 11 is 6.12. The van der Waals surface area contributed by atoms with Gasteiger partial charge in [0, 0.05) is 38.7 Å². The normalized spacial score (nSPS) is 25.9. The molecule has 5 rings (SSSR count). The fraction of sp³-hybridized carbons (Fsp3) is 0.692. The van der Waals surface area contributed by atoms with Crippen LogP contribution in [0.5, 0.6) is 5.75 Å². The molecule has 1 amide bonds. The van der Waals surface area contributed by atoms with Crippen LogP contribution in [-0.4, -0.2) is 92.9 Å². The minimum absolute atomic E-state index is 0.0643. The lowest BCUT2D eigenvalue weighted by atomic mass is 9.86. The van der Waals surface area contributed by atoms with Crippen LogP contribution < -0.4 is 15.8 Å². The molecule has 2 bridgehead atoms. The van der Waals surface area contributed by atoms with E-state index in [9.17, 15) is 9.59 Å². The SMILES string of the molecule is CCOc1cc(N)c(Cl)cc1C(=O)NCC1CN(CCCCC(=O)O[C@H]2CN3CCC2CC3)CCO1. The van der Waals surface area contributed by atoms with E-state index >= 15 is 0 Å². The number of anilines is 1. The number of fused-ring (bicyclic) bond motifs is 3. The molecule has 4 fully saturated rings. The Hall–Kier alpha value is -2.07. The molecule has 1 aromatic rings. The van der Waals surface area contributed by atoms with Crippen molar-refractivity contribution in [1.82, 2.24) is 15.1 Å². The fourth-order valence-electron chi connectivity index (χ4n) is 5.31. The van der Waals surface area contributed by atoms with E-state index in [4.69, 9.17) is 31.5 Å². The van der Waals surface area contributed by atoms with Crippen molar-refractivity contribution in [2.75, 3.05) is 64.8 Å². The second kappa shape index (κ2) is 12.9. The van der Waals surface area contributed by atoms with Crippen molar-refractivity contribution in [3.05, 3.63) is 22.7 Å². The highest BCUT2D eigenvalue weighted by Crippen LogP contribution is 2.30. The van der Waals surface area contributed by atoms with Gasteiger partial charge in [-0.25, -0.2) is 0 Å². The van der Waals surface area contributed by atoms with Crippen molar-refractivity contribution < 1.29 is 23.8 Å². The van der Waals surface area contributed by atoms with Crippen LogP contribution in [-0.2, 0) is 14.3 Å². The van der Waals surface area contributed by atoms with Crippen molar-refractivity contribution in [2.45, 2.75) is 51.2 Å². The molecule has 0 aromatic heterocycles. The fourth-order valence-corrected chi connectivity index (χ4v) is 5.47. The first-order chi connectivity index (χ1) is 17.4. The number of nitrogens with one attached hydrogen (secondary N) is 1. The van der Waals surface area contributed by atoms with Gasteiger partial charge in [0.1, 0.15) is 11.9 Å². The van der Waals surface area contributed by atoms with Gasteiger partial charge in [-0.2, -0.15) is 0 Å². The zero-order valence-corrected chi connectivity index (χ0v) is 21.9. The number of nitrogens with two attached hydrogens (primary N) is 1. The molecule has 0 spiro atoms. The van der Waals surface area contributed by atoms with Crippen molar-refractivity contribution in [1.29, 1.82) is 0 Å². The topological polar surface area (TPSA) is 106 Å². The van der Waals surface area contributed by atoms with Gasteiger partial charge in [0.15, 0.2) is 0 Å². The van der Waals surface area contributed by atoms with E-state index in [-0.39, 0.29) is 24.1 Å². The van der Waals surface area contributed by atoms with Crippen LogP contribution in [0.25, 0.3) is 0 Å². The molecule has 10 heteroatoms. The highest BCUT2D eigenvalue weighted by Gasteiger charge is 2.36. The standard InChI is InChI=1S/C26H39ClN4O5/c1-2-34-23-14-22(28)21(27)13-20(23)26(33)29-15-19-16-30(11-12-35-19)8-4-3-5-25(32)36-24-17-31-9-6-18(24)7-10-31/h13-14,18-19,24H,2-12,15-17,28H2,1H3,(H,29,33)/t19?,24-/m0/s1. The summed E-state index contributed by atoms with van der Waals surface area (Å²) in [5, 5.41) is 3.25. The Morgan fingerprint density at radius 1 is 1.19 bits per heavy atom. The van der Waals surface area contributed by atoms with Crippen molar-refractivity contribution in [2.24, 2.45) is 5.92 Å². The first kappa shape index (κ1) is 27.0. The Bertz CT molecular complexity index is 909. The van der Waals surface area contributed by atoms with Gasteiger partial charge >= 0.3 is 5.97 Å². The number of amides is 1. The van der Waals surface area contributed by atoms with Gasteiger partial charge in [-0.15, -0.1) is 0 Å². The third kappa shape index (κ3) is 7.25. The lowest BCUT2D eigenvalue weighted by Gasteiger charge is -2.43. The van der Waals surface area contributed by atoms with Gasteiger partial charge in [0.05, 0.1) is 35.6 Å². The number of hydrogen-bond acceptors (Lipinski definition) is 8. The van der Waals surface area contributed by atoms with E-state index in [1.807, 2.05) is 6.92 Å². The minimum atomic E-state index is -0.275. The highest BCUT2D eigenvalue weighted by molar-refractivity contribution is 6.33. The number of esters is 1. The third-order valence-electron chi connectivity index (χ3n) is 7.34. The van der Waals surface area contributed by atoms with Crippen LogP contribution in [0.2, 0.25) is 5.02 Å². The Labute approximate surface area is 218 Å². The Kier molecular flexibility index (Phi) is 9.70. The highest BCUT2D eigenvalue weighted by atomic mass is 35.5. The molecule has 0 aliphatic carbocycles. The molecule has 4 aliphatic heterocycles. The number of unbranched alkanes of at least 4 members (excludes halogenated alkanes) is 1. The number of benzene rings is 1. The lowest BCUT2D eigenvalue weighted by molar-refractivity contribution is -0.158. The zero-order valence-electron chi connectivity index (χ0n) is 21.2. The van der Waals surface area contributed by atoms with E-state index in [2.05, 4.69) is 15.1 Å². The van der Waals surface area contributed by atoms with Gasteiger partial charge in [-0.3, -0.25) is 19.4 Å². The molecule has 4 heterocycles. The maximum absolute atomic E-state index is 12.8. The lowest BCUT2D eigenvalue weighted by Crippen LogP contribution is -2.51. The summed E-state index contributed by atoms with van der Waals surface area (Å²) < 4.78 is 17.2. The van der Waals surface area contributed by atoms with Crippen molar-refractivity contribution >= 4 is 29.2 Å². The maximum Gasteiger partial charge on any atom is 0.306 e. The van der Waals surface area contributed by atoms with E-state index < -0.39 is 0 Å². The number of morpholine rings is 1. The monoisotopic (exact) mass is 522 g/mol. The van der Waals surface area contributed by atoms with Gasteiger partial charge in [-0.05, 0) is 64.2 Å². The average molecular weight is 523 g/mol. The molecule has 2 atom stereocenters. The van der Waals surface area contributed by atoms with Crippen molar-refractivity contribution in [3.63, 3.8) is 0 Å². The number of halogens is 1. The van der Waals surface area contributed by atoms with E-state index in [0.29, 0.717) is 54.1 Å². The molecular formula is C26H39ClN4O5. The average Bonchev–Trinajstić information content (AvgIpc) is 2.88. The van der Waals surface area contributed by atoms with Gasteiger partial charge in [0.25, 0.3) is 5.91 Å². The summed E-state index contributed by atoms with van der Waals surface area (Å²) in [7, 11) is 0. The summed E-state index contributed by atoms with van der Waals surface area (Å²) in [5.41, 5.74) is 6.58. The Morgan fingerprint density at radius 2 is 2.00 bits per heavy atom. The van der Waals surface area contributed by atoms with Crippen LogP contribution in [0.1, 0.15) is 49.4 Å². The maximum atomic E-state index is 12.8. The molecule has 1 unspecified atom stereocenters. The largest absolute Gasteiger partial charge is 0.493 e. The predicted molar refractivity (Wildman–Crippen MR) is 138 cm³/mol. The number of hydrogen-bond donors (Lipinski definition) is 2. The third-order valence-corrected chi connectivity index (χ3v) is 7.67. The molecular weight excluding hydrogens is 484 g/mol. The number of ether oxygens (including phenoxy) is 3. The quantitative estimate of drug-likeness (QED) is 0.259. The van der Waals surface area contributed by atoms with Gasteiger partial charge < -0.3 is 25.3 Å². The van der Waals surface area contributed by atoms with Gasteiger partial charge in [0.2, 0.25) is 0 Å².